The molecular weight excluding hydrogens is 268 g/mol. The van der Waals surface area contributed by atoms with Crippen molar-refractivity contribution < 1.29 is 13.2 Å². The summed E-state index contributed by atoms with van der Waals surface area (Å²) in [6.07, 6.45) is 1.82. The van der Waals surface area contributed by atoms with Crippen molar-refractivity contribution in [3.05, 3.63) is 0 Å². The fourth-order valence-electron chi connectivity index (χ4n) is 2.33. The van der Waals surface area contributed by atoms with Crippen LogP contribution in [-0.2, 0) is 14.6 Å². The van der Waals surface area contributed by atoms with Crippen LogP contribution in [0.2, 0.25) is 0 Å². The fourth-order valence-corrected chi connectivity index (χ4v) is 4.99. The molecule has 82 valence electrons. The van der Waals surface area contributed by atoms with Crippen molar-refractivity contribution in [2.24, 2.45) is 11.8 Å². The zero-order valence-corrected chi connectivity index (χ0v) is 10.4. The minimum atomic E-state index is -2.74. The second-order valence-electron chi connectivity index (χ2n) is 4.21. The number of alkyl halides is 1. The zero-order valence-electron chi connectivity index (χ0n) is 7.99. The average molecular weight is 283 g/mol. The van der Waals surface area contributed by atoms with E-state index in [1.165, 1.54) is 0 Å². The van der Waals surface area contributed by atoms with Crippen molar-refractivity contribution in [1.29, 1.82) is 0 Å². The van der Waals surface area contributed by atoms with Crippen LogP contribution >= 0.6 is 15.9 Å². The lowest BCUT2D eigenvalue weighted by Gasteiger charge is -2.31. The van der Waals surface area contributed by atoms with Crippen LogP contribution in [0.4, 0.5) is 0 Å². The number of rotatable bonds is 1. The first-order valence-corrected chi connectivity index (χ1v) is 7.74. The molecule has 0 bridgehead atoms. The topological polar surface area (TPSA) is 43.4 Å². The van der Waals surface area contributed by atoms with Gasteiger partial charge in [0.2, 0.25) is 0 Å². The summed E-state index contributed by atoms with van der Waals surface area (Å²) in [6.45, 7) is 1.52. The maximum absolute atomic E-state index is 11.3. The van der Waals surface area contributed by atoms with Crippen molar-refractivity contribution in [3.8, 4) is 0 Å². The first kappa shape index (κ1) is 10.9. The van der Waals surface area contributed by atoms with Crippen LogP contribution in [0.5, 0.6) is 0 Å². The van der Waals surface area contributed by atoms with Crippen LogP contribution in [0.25, 0.3) is 0 Å². The minimum absolute atomic E-state index is 0.310. The Bertz CT molecular complexity index is 301. The number of halogens is 1. The molecule has 0 aromatic heterocycles. The Labute approximate surface area is 93.3 Å². The van der Waals surface area contributed by atoms with Crippen molar-refractivity contribution in [3.63, 3.8) is 0 Å². The van der Waals surface area contributed by atoms with E-state index in [0.29, 0.717) is 28.2 Å². The highest BCUT2D eigenvalue weighted by Crippen LogP contribution is 2.34. The normalized spacial score (nSPS) is 42.5. The highest BCUT2D eigenvalue weighted by molar-refractivity contribution is 9.09. The minimum Gasteiger partial charge on any atom is -0.381 e. The predicted octanol–water partition coefficient (Wildman–Crippen LogP) is 1.22. The van der Waals surface area contributed by atoms with Crippen molar-refractivity contribution in [1.82, 2.24) is 0 Å². The van der Waals surface area contributed by atoms with Crippen LogP contribution in [0.3, 0.4) is 0 Å². The molecule has 0 radical (unpaired) electrons. The Morgan fingerprint density at radius 3 is 2.64 bits per heavy atom. The molecule has 2 saturated heterocycles. The molecule has 5 heteroatoms. The van der Waals surface area contributed by atoms with Gasteiger partial charge in [-0.05, 0) is 24.7 Å². The molecule has 2 rings (SSSR count). The standard InChI is InChI=1S/C9H15BrO3S/c10-9-1-3-13-5-8(9)7-2-4-14(11,12)6-7/h7-9H,1-6H2. The van der Waals surface area contributed by atoms with Gasteiger partial charge in [0, 0.05) is 11.4 Å². The van der Waals surface area contributed by atoms with Crippen LogP contribution < -0.4 is 0 Å². The van der Waals surface area contributed by atoms with E-state index < -0.39 is 9.84 Å². The van der Waals surface area contributed by atoms with Gasteiger partial charge >= 0.3 is 0 Å². The van der Waals surface area contributed by atoms with E-state index in [4.69, 9.17) is 4.74 Å². The van der Waals surface area contributed by atoms with Gasteiger partial charge in [0.15, 0.2) is 9.84 Å². The van der Waals surface area contributed by atoms with Gasteiger partial charge < -0.3 is 4.74 Å². The van der Waals surface area contributed by atoms with Crippen LogP contribution in [0.1, 0.15) is 12.8 Å². The first-order chi connectivity index (χ1) is 6.58. The third-order valence-corrected chi connectivity index (χ3v) is 6.12. The Morgan fingerprint density at radius 2 is 2.07 bits per heavy atom. The summed E-state index contributed by atoms with van der Waals surface area (Å²) < 4.78 is 28.1. The first-order valence-electron chi connectivity index (χ1n) is 5.01. The lowest BCUT2D eigenvalue weighted by Crippen LogP contribution is -2.34. The van der Waals surface area contributed by atoms with E-state index in [1.54, 1.807) is 0 Å². The van der Waals surface area contributed by atoms with Gasteiger partial charge in [-0.1, -0.05) is 15.9 Å². The molecule has 2 aliphatic heterocycles. The van der Waals surface area contributed by atoms with E-state index in [0.717, 1.165) is 26.1 Å². The van der Waals surface area contributed by atoms with Gasteiger partial charge in [-0.25, -0.2) is 8.42 Å². The molecular formula is C9H15BrO3S. The zero-order chi connectivity index (χ0) is 10.2. The van der Waals surface area contributed by atoms with Crippen LogP contribution in [-0.4, -0.2) is 38.0 Å². The maximum Gasteiger partial charge on any atom is 0.150 e. The quantitative estimate of drug-likeness (QED) is 0.680. The Balaban J connectivity index is 2.01. The molecule has 0 amide bonds. The molecule has 0 aromatic rings. The molecule has 3 atom stereocenters. The maximum atomic E-state index is 11.3. The van der Waals surface area contributed by atoms with Gasteiger partial charge in [-0.3, -0.25) is 0 Å². The van der Waals surface area contributed by atoms with Crippen LogP contribution in [0, 0.1) is 11.8 Å². The number of hydrogen-bond donors (Lipinski definition) is 0. The third-order valence-electron chi connectivity index (χ3n) is 3.19. The molecule has 3 unspecified atom stereocenters. The molecule has 2 heterocycles. The molecule has 0 saturated carbocycles. The summed E-state index contributed by atoms with van der Waals surface area (Å²) in [5.41, 5.74) is 0. The van der Waals surface area contributed by atoms with Crippen molar-refractivity contribution >= 4 is 25.8 Å². The monoisotopic (exact) mass is 282 g/mol. The van der Waals surface area contributed by atoms with E-state index in [-0.39, 0.29) is 0 Å². The molecule has 3 nitrogen and oxygen atoms in total. The van der Waals surface area contributed by atoms with Gasteiger partial charge in [0.25, 0.3) is 0 Å². The molecule has 2 aliphatic rings. The SMILES string of the molecule is O=S1(=O)CCC(C2COCCC2Br)C1. The summed E-state index contributed by atoms with van der Waals surface area (Å²) in [7, 11) is -2.74. The van der Waals surface area contributed by atoms with E-state index in [1.807, 2.05) is 0 Å². The van der Waals surface area contributed by atoms with Gasteiger partial charge in [0.1, 0.15) is 0 Å². The molecule has 0 N–H and O–H groups in total. The van der Waals surface area contributed by atoms with E-state index in [2.05, 4.69) is 15.9 Å². The predicted molar refractivity (Wildman–Crippen MR) is 58.4 cm³/mol. The largest absolute Gasteiger partial charge is 0.381 e. The third kappa shape index (κ3) is 2.31. The molecule has 0 aliphatic carbocycles. The van der Waals surface area contributed by atoms with Gasteiger partial charge in [0.05, 0.1) is 18.1 Å². The van der Waals surface area contributed by atoms with E-state index >= 15 is 0 Å². The summed E-state index contributed by atoms with van der Waals surface area (Å²) in [4.78, 5) is 0.439. The Hall–Kier alpha value is 0.390. The number of sulfone groups is 1. The van der Waals surface area contributed by atoms with Crippen molar-refractivity contribution in [2.75, 3.05) is 24.7 Å². The molecule has 2 fully saturated rings. The van der Waals surface area contributed by atoms with Gasteiger partial charge in [-0.15, -0.1) is 0 Å². The van der Waals surface area contributed by atoms with E-state index in [9.17, 15) is 8.42 Å². The molecule has 14 heavy (non-hydrogen) atoms. The van der Waals surface area contributed by atoms with Crippen LogP contribution in [0.15, 0.2) is 0 Å². The lowest BCUT2D eigenvalue weighted by atomic mass is 9.87. The second kappa shape index (κ2) is 4.10. The summed E-state index contributed by atoms with van der Waals surface area (Å²) in [5, 5.41) is 0. The average Bonchev–Trinajstić information content (AvgIpc) is 2.47. The number of hydrogen-bond acceptors (Lipinski definition) is 3. The summed E-state index contributed by atoms with van der Waals surface area (Å²) in [5.74, 6) is 1.43. The highest BCUT2D eigenvalue weighted by Gasteiger charge is 2.38. The van der Waals surface area contributed by atoms with Gasteiger partial charge in [-0.2, -0.15) is 0 Å². The Morgan fingerprint density at radius 1 is 1.29 bits per heavy atom. The smallest absolute Gasteiger partial charge is 0.150 e. The van der Waals surface area contributed by atoms with Crippen molar-refractivity contribution in [2.45, 2.75) is 17.7 Å². The lowest BCUT2D eigenvalue weighted by molar-refractivity contribution is 0.0412. The summed E-state index contributed by atoms with van der Waals surface area (Å²) in [6, 6.07) is 0. The second-order valence-corrected chi connectivity index (χ2v) is 7.61. The Kier molecular flexibility index (Phi) is 3.19. The molecule has 0 spiro atoms. The molecule has 0 aromatic carbocycles. The highest BCUT2D eigenvalue weighted by atomic mass is 79.9. The summed E-state index contributed by atoms with van der Waals surface area (Å²) >= 11 is 3.63. The number of ether oxygens (including phenoxy) is 1. The fraction of sp³-hybridized carbons (Fsp3) is 1.00.